The Bertz CT molecular complexity index is 588. The van der Waals surface area contributed by atoms with Crippen LogP contribution in [0, 0.1) is 11.6 Å². The molecule has 1 atom stereocenters. The molecule has 0 bridgehead atoms. The minimum atomic E-state index is -3.32. The third kappa shape index (κ3) is 2.73. The zero-order chi connectivity index (χ0) is 13.6. The number of hydrogen-bond acceptors (Lipinski definition) is 3. The highest BCUT2D eigenvalue weighted by Gasteiger charge is 2.41. The molecule has 1 heterocycles. The quantitative estimate of drug-likeness (QED) is 0.835. The molecular weight excluding hydrogens is 330 g/mol. The number of hydrogen-bond donors (Lipinski definition) is 1. The molecule has 0 amide bonds. The molecule has 1 aromatic carbocycles. The van der Waals surface area contributed by atoms with Crippen LogP contribution >= 0.6 is 15.9 Å². The Morgan fingerprint density at radius 2 is 2.06 bits per heavy atom. The zero-order valence-electron chi connectivity index (χ0n) is 9.29. The van der Waals surface area contributed by atoms with E-state index in [0.717, 1.165) is 6.07 Å². The van der Waals surface area contributed by atoms with Crippen LogP contribution in [0.4, 0.5) is 8.78 Å². The van der Waals surface area contributed by atoms with Crippen LogP contribution in [0.3, 0.4) is 0 Å². The van der Waals surface area contributed by atoms with Gasteiger partial charge >= 0.3 is 0 Å². The third-order valence-electron chi connectivity index (χ3n) is 3.01. The van der Waals surface area contributed by atoms with Crippen molar-refractivity contribution >= 4 is 25.8 Å². The molecular formula is C11H11BrF2O3S. The zero-order valence-corrected chi connectivity index (χ0v) is 11.7. The Morgan fingerprint density at radius 1 is 1.39 bits per heavy atom. The first-order chi connectivity index (χ1) is 8.22. The van der Waals surface area contributed by atoms with E-state index in [1.807, 2.05) is 0 Å². The van der Waals surface area contributed by atoms with E-state index in [2.05, 4.69) is 15.9 Å². The summed E-state index contributed by atoms with van der Waals surface area (Å²) in [6.45, 7) is 0. The van der Waals surface area contributed by atoms with Crippen molar-refractivity contribution in [3.63, 3.8) is 0 Å². The van der Waals surface area contributed by atoms with E-state index in [1.165, 1.54) is 6.07 Å². The fourth-order valence-corrected chi connectivity index (χ4v) is 4.37. The fourth-order valence-electron chi connectivity index (χ4n) is 2.10. The van der Waals surface area contributed by atoms with E-state index in [1.54, 1.807) is 0 Å². The number of aliphatic hydroxyl groups is 1. The molecule has 0 spiro atoms. The lowest BCUT2D eigenvalue weighted by Gasteiger charge is -2.21. The first-order valence-electron chi connectivity index (χ1n) is 5.28. The highest BCUT2D eigenvalue weighted by molar-refractivity contribution is 9.10. The van der Waals surface area contributed by atoms with Crippen molar-refractivity contribution in [2.75, 3.05) is 11.5 Å². The van der Waals surface area contributed by atoms with Gasteiger partial charge in [-0.2, -0.15) is 0 Å². The second-order valence-corrected chi connectivity index (χ2v) is 7.60. The first kappa shape index (κ1) is 13.9. The van der Waals surface area contributed by atoms with Crippen molar-refractivity contribution in [1.82, 2.24) is 0 Å². The summed E-state index contributed by atoms with van der Waals surface area (Å²) in [6, 6.07) is 2.30. The molecule has 0 radical (unpaired) electrons. The molecule has 1 aliphatic rings. The molecule has 1 fully saturated rings. The van der Waals surface area contributed by atoms with Gasteiger partial charge in [-0.05, 0) is 34.5 Å². The van der Waals surface area contributed by atoms with Crippen LogP contribution in [0.15, 0.2) is 16.6 Å². The summed E-state index contributed by atoms with van der Waals surface area (Å²) in [4.78, 5) is 0. The van der Waals surface area contributed by atoms with Gasteiger partial charge in [0, 0.05) is 12.0 Å². The van der Waals surface area contributed by atoms with Crippen molar-refractivity contribution in [2.24, 2.45) is 0 Å². The van der Waals surface area contributed by atoms with E-state index in [0.29, 0.717) is 0 Å². The second kappa shape index (κ2) is 4.54. The number of halogens is 3. The van der Waals surface area contributed by atoms with E-state index >= 15 is 0 Å². The topological polar surface area (TPSA) is 54.4 Å². The lowest BCUT2D eigenvalue weighted by atomic mass is 9.93. The molecule has 7 heteroatoms. The maximum absolute atomic E-state index is 13.7. The molecule has 3 nitrogen and oxygen atoms in total. The predicted molar refractivity (Wildman–Crippen MR) is 66.0 cm³/mol. The Hall–Kier alpha value is -0.530. The van der Waals surface area contributed by atoms with Crippen LogP contribution < -0.4 is 0 Å². The average molecular weight is 341 g/mol. The van der Waals surface area contributed by atoms with Gasteiger partial charge in [-0.15, -0.1) is 0 Å². The molecule has 1 N–H and O–H groups in total. The summed E-state index contributed by atoms with van der Waals surface area (Å²) in [7, 11) is -3.32. The Morgan fingerprint density at radius 3 is 2.61 bits per heavy atom. The minimum Gasteiger partial charge on any atom is -0.388 e. The van der Waals surface area contributed by atoms with Crippen molar-refractivity contribution < 1.29 is 22.3 Å². The van der Waals surface area contributed by atoms with E-state index in [4.69, 9.17) is 0 Å². The monoisotopic (exact) mass is 340 g/mol. The van der Waals surface area contributed by atoms with Crippen LogP contribution in [0.5, 0.6) is 0 Å². The number of rotatable bonds is 2. The van der Waals surface area contributed by atoms with Gasteiger partial charge in [0.05, 0.1) is 21.6 Å². The minimum absolute atomic E-state index is 0.000721. The van der Waals surface area contributed by atoms with Crippen molar-refractivity contribution in [3.8, 4) is 0 Å². The largest absolute Gasteiger partial charge is 0.388 e. The molecule has 1 aliphatic heterocycles. The van der Waals surface area contributed by atoms with Gasteiger partial charge < -0.3 is 5.11 Å². The van der Waals surface area contributed by atoms with Gasteiger partial charge in [-0.3, -0.25) is 0 Å². The molecule has 2 rings (SSSR count). The van der Waals surface area contributed by atoms with Gasteiger partial charge in [0.15, 0.2) is 9.84 Å². The average Bonchev–Trinajstić information content (AvgIpc) is 2.54. The highest BCUT2D eigenvalue weighted by Crippen LogP contribution is 2.31. The molecule has 100 valence electrons. The van der Waals surface area contributed by atoms with E-state index in [-0.39, 0.29) is 28.6 Å². The molecule has 0 saturated carbocycles. The fraction of sp³-hybridized carbons (Fsp3) is 0.455. The molecule has 0 aliphatic carbocycles. The maximum atomic E-state index is 13.7. The molecule has 1 unspecified atom stereocenters. The Kier molecular flexibility index (Phi) is 3.50. The Labute approximate surface area is 112 Å². The van der Waals surface area contributed by atoms with Crippen LogP contribution in [-0.2, 0) is 16.3 Å². The number of benzene rings is 1. The second-order valence-electron chi connectivity index (χ2n) is 4.56. The van der Waals surface area contributed by atoms with Gasteiger partial charge in [0.25, 0.3) is 0 Å². The molecule has 1 aromatic rings. The molecule has 18 heavy (non-hydrogen) atoms. The third-order valence-corrected chi connectivity index (χ3v) is 5.43. The number of sulfone groups is 1. The molecule has 0 aromatic heterocycles. The van der Waals surface area contributed by atoms with Gasteiger partial charge in [-0.1, -0.05) is 0 Å². The summed E-state index contributed by atoms with van der Waals surface area (Å²) < 4.78 is 50.0. The van der Waals surface area contributed by atoms with Gasteiger partial charge in [-0.25, -0.2) is 17.2 Å². The lowest BCUT2D eigenvalue weighted by Crippen LogP contribution is -2.33. The van der Waals surface area contributed by atoms with Crippen LogP contribution in [0.25, 0.3) is 0 Å². The summed E-state index contributed by atoms with van der Waals surface area (Å²) in [5.74, 6) is -2.19. The standard InChI is InChI=1S/C11H11BrF2O3S/c12-8-1-2-9(13)7(10(8)14)5-11(15)3-4-18(16,17)6-11/h1-2,15H,3-6H2. The summed E-state index contributed by atoms with van der Waals surface area (Å²) in [5, 5.41) is 10.1. The van der Waals surface area contributed by atoms with Crippen LogP contribution in [0.1, 0.15) is 12.0 Å². The van der Waals surface area contributed by atoms with Crippen molar-refractivity contribution in [1.29, 1.82) is 0 Å². The van der Waals surface area contributed by atoms with Crippen molar-refractivity contribution in [3.05, 3.63) is 33.8 Å². The van der Waals surface area contributed by atoms with E-state index < -0.39 is 32.8 Å². The maximum Gasteiger partial charge on any atom is 0.153 e. The van der Waals surface area contributed by atoms with Crippen molar-refractivity contribution in [2.45, 2.75) is 18.4 Å². The summed E-state index contributed by atoms with van der Waals surface area (Å²) in [6.07, 6.45) is -0.343. The molecule has 1 saturated heterocycles. The highest BCUT2D eigenvalue weighted by atomic mass is 79.9. The smallest absolute Gasteiger partial charge is 0.153 e. The SMILES string of the molecule is O=S1(=O)CCC(O)(Cc2c(F)ccc(Br)c2F)C1. The first-order valence-corrected chi connectivity index (χ1v) is 7.89. The Balaban J connectivity index is 2.33. The van der Waals surface area contributed by atoms with Gasteiger partial charge in [0.2, 0.25) is 0 Å². The predicted octanol–water partition coefficient (Wildman–Crippen LogP) is 1.82. The summed E-state index contributed by atoms with van der Waals surface area (Å²) in [5.41, 5.74) is -1.87. The van der Waals surface area contributed by atoms with Gasteiger partial charge in [0.1, 0.15) is 11.6 Å². The van der Waals surface area contributed by atoms with E-state index in [9.17, 15) is 22.3 Å². The lowest BCUT2D eigenvalue weighted by molar-refractivity contribution is 0.0662. The summed E-state index contributed by atoms with van der Waals surface area (Å²) >= 11 is 2.93. The van der Waals surface area contributed by atoms with Crippen LogP contribution in [-0.4, -0.2) is 30.6 Å². The normalized spacial score (nSPS) is 26.4. The van der Waals surface area contributed by atoms with Crippen LogP contribution in [0.2, 0.25) is 0 Å².